The van der Waals surface area contributed by atoms with Gasteiger partial charge in [0.25, 0.3) is 10.0 Å². The van der Waals surface area contributed by atoms with Crippen LogP contribution in [0.5, 0.6) is 0 Å². The Balaban J connectivity index is 1.37. The number of carbonyl (C=O) groups is 1. The summed E-state index contributed by atoms with van der Waals surface area (Å²) in [7, 11) is -3.80. The normalized spacial score (nSPS) is 14.8. The van der Waals surface area contributed by atoms with Gasteiger partial charge in [-0.05, 0) is 30.7 Å². The van der Waals surface area contributed by atoms with Crippen LogP contribution >= 0.6 is 11.3 Å². The first-order valence-electron chi connectivity index (χ1n) is 9.43. The van der Waals surface area contributed by atoms with Gasteiger partial charge in [-0.3, -0.25) is 4.79 Å². The summed E-state index contributed by atoms with van der Waals surface area (Å²) in [5, 5.41) is 4.29. The Labute approximate surface area is 177 Å². The van der Waals surface area contributed by atoms with Gasteiger partial charge in [0.05, 0.1) is 38.8 Å². The van der Waals surface area contributed by atoms with Gasteiger partial charge < -0.3 is 4.90 Å². The molecule has 0 radical (unpaired) electrons. The number of fused-ring (bicyclic) bond motifs is 2. The zero-order chi connectivity index (χ0) is 20.9. The van der Waals surface area contributed by atoms with Crippen LogP contribution in [0.3, 0.4) is 0 Å². The topological polar surface area (TPSA) is 85.2 Å². The van der Waals surface area contributed by atoms with Crippen molar-refractivity contribution in [3.63, 3.8) is 0 Å². The largest absolute Gasteiger partial charge is 0.332 e. The van der Waals surface area contributed by atoms with Gasteiger partial charge in [0.15, 0.2) is 0 Å². The van der Waals surface area contributed by atoms with E-state index in [2.05, 4.69) is 10.1 Å². The van der Waals surface area contributed by atoms with Crippen LogP contribution in [0.2, 0.25) is 0 Å². The van der Waals surface area contributed by atoms with Gasteiger partial charge in [0.1, 0.15) is 0 Å². The summed E-state index contributed by atoms with van der Waals surface area (Å²) in [6.07, 6.45) is 1.52. The molecule has 152 valence electrons. The third kappa shape index (κ3) is 3.10. The van der Waals surface area contributed by atoms with Crippen molar-refractivity contribution in [3.05, 3.63) is 77.1 Å². The first-order valence-corrected chi connectivity index (χ1v) is 11.8. The summed E-state index contributed by atoms with van der Waals surface area (Å²) in [6.45, 7) is 2.55. The number of rotatable bonds is 4. The second kappa shape index (κ2) is 7.03. The van der Waals surface area contributed by atoms with Gasteiger partial charge >= 0.3 is 0 Å². The molecule has 1 aliphatic rings. The number of hydrogen-bond acceptors (Lipinski definition) is 6. The Kier molecular flexibility index (Phi) is 4.44. The van der Waals surface area contributed by atoms with Crippen LogP contribution in [0.1, 0.15) is 29.7 Å². The number of benzene rings is 2. The fraction of sp³-hybridized carbons (Fsp3) is 0.190. The molecule has 0 fully saturated rings. The Morgan fingerprint density at radius 2 is 1.93 bits per heavy atom. The second-order valence-corrected chi connectivity index (χ2v) is 9.97. The molecule has 2 aromatic carbocycles. The zero-order valence-electron chi connectivity index (χ0n) is 16.1. The molecule has 0 bridgehead atoms. The molecule has 0 saturated carbocycles. The van der Waals surface area contributed by atoms with Crippen molar-refractivity contribution >= 4 is 37.5 Å². The van der Waals surface area contributed by atoms with Crippen LogP contribution in [-0.2, 0) is 27.9 Å². The molecular formula is C21H18N4O3S2. The Morgan fingerprint density at radius 3 is 2.70 bits per heavy atom. The zero-order valence-corrected chi connectivity index (χ0v) is 17.7. The lowest BCUT2D eigenvalue weighted by molar-refractivity contribution is -0.133. The standard InChI is InChI=1S/C21H18N4O3S2/c1-14(15-5-3-2-4-6-15)21(26)24-10-16-11-25(23-19(16)12-24)30(27,28)17-7-8-18-20(9-17)29-13-22-18/h2-9,11,13-14H,10,12H2,1H3/t14-/m1/s1. The van der Waals surface area contributed by atoms with Gasteiger partial charge in [-0.15, -0.1) is 11.3 Å². The lowest BCUT2D eigenvalue weighted by Gasteiger charge is -2.20. The maximum absolute atomic E-state index is 13.0. The lowest BCUT2D eigenvalue weighted by Crippen LogP contribution is -2.30. The van der Waals surface area contributed by atoms with E-state index >= 15 is 0 Å². The number of hydrogen-bond donors (Lipinski definition) is 0. The SMILES string of the molecule is C[C@@H](C(=O)N1Cc2cn(S(=O)(=O)c3ccc4ncsc4c3)nc2C1)c1ccccc1. The minimum absolute atomic E-state index is 0.00394. The van der Waals surface area contributed by atoms with Crippen LogP contribution in [0.4, 0.5) is 0 Å². The summed E-state index contributed by atoms with van der Waals surface area (Å²) in [6, 6.07) is 14.5. The Bertz CT molecular complexity index is 1340. The third-order valence-electron chi connectivity index (χ3n) is 5.39. The Hall–Kier alpha value is -3.04. The van der Waals surface area contributed by atoms with E-state index in [-0.39, 0.29) is 16.7 Å². The molecule has 0 saturated heterocycles. The van der Waals surface area contributed by atoms with E-state index < -0.39 is 10.0 Å². The molecular weight excluding hydrogens is 420 g/mol. The number of amides is 1. The fourth-order valence-electron chi connectivity index (χ4n) is 3.67. The highest BCUT2D eigenvalue weighted by molar-refractivity contribution is 7.89. The average molecular weight is 439 g/mol. The van der Waals surface area contributed by atoms with Gasteiger partial charge in [0.2, 0.25) is 5.91 Å². The van der Waals surface area contributed by atoms with Crippen molar-refractivity contribution in [1.29, 1.82) is 0 Å². The molecule has 1 aliphatic heterocycles. The van der Waals surface area contributed by atoms with Crippen LogP contribution in [0.25, 0.3) is 10.2 Å². The smallest absolute Gasteiger partial charge is 0.283 e. The molecule has 5 rings (SSSR count). The molecule has 0 N–H and O–H groups in total. The van der Waals surface area contributed by atoms with Gasteiger partial charge in [0, 0.05) is 18.3 Å². The second-order valence-electron chi connectivity index (χ2n) is 7.29. The lowest BCUT2D eigenvalue weighted by atomic mass is 10.00. The fourth-order valence-corrected chi connectivity index (χ4v) is 5.65. The maximum atomic E-state index is 13.0. The van der Waals surface area contributed by atoms with Crippen molar-refractivity contribution in [2.45, 2.75) is 30.8 Å². The quantitative estimate of drug-likeness (QED) is 0.488. The molecule has 1 amide bonds. The average Bonchev–Trinajstić information content (AvgIpc) is 3.47. The van der Waals surface area contributed by atoms with E-state index in [1.165, 1.54) is 17.5 Å². The van der Waals surface area contributed by atoms with Crippen molar-refractivity contribution in [2.24, 2.45) is 0 Å². The van der Waals surface area contributed by atoms with Gasteiger partial charge in [-0.1, -0.05) is 30.3 Å². The number of aromatic nitrogens is 3. The minimum Gasteiger partial charge on any atom is -0.332 e. The van der Waals surface area contributed by atoms with Crippen LogP contribution in [-0.4, -0.2) is 33.4 Å². The first kappa shape index (κ1) is 19.0. The maximum Gasteiger partial charge on any atom is 0.283 e. The molecule has 7 nitrogen and oxygen atoms in total. The highest BCUT2D eigenvalue weighted by Gasteiger charge is 2.31. The van der Waals surface area contributed by atoms with Crippen molar-refractivity contribution in [3.8, 4) is 0 Å². The molecule has 0 aliphatic carbocycles. The summed E-state index contributed by atoms with van der Waals surface area (Å²) >= 11 is 1.39. The monoisotopic (exact) mass is 438 g/mol. The number of thiazole rings is 1. The van der Waals surface area contributed by atoms with E-state index in [4.69, 9.17) is 0 Å². The molecule has 0 unspecified atom stereocenters. The Morgan fingerprint density at radius 1 is 1.13 bits per heavy atom. The highest BCUT2D eigenvalue weighted by Crippen LogP contribution is 2.28. The first-order chi connectivity index (χ1) is 14.4. The molecule has 4 aromatic rings. The van der Waals surface area contributed by atoms with E-state index in [0.717, 1.165) is 25.4 Å². The van der Waals surface area contributed by atoms with Crippen LogP contribution < -0.4 is 0 Å². The van der Waals surface area contributed by atoms with Crippen molar-refractivity contribution in [1.82, 2.24) is 19.1 Å². The third-order valence-corrected chi connectivity index (χ3v) is 7.71. The van der Waals surface area contributed by atoms with E-state index in [1.807, 2.05) is 37.3 Å². The predicted octanol–water partition coefficient (Wildman–Crippen LogP) is 3.38. The van der Waals surface area contributed by atoms with Crippen molar-refractivity contribution in [2.75, 3.05) is 0 Å². The van der Waals surface area contributed by atoms with Crippen molar-refractivity contribution < 1.29 is 13.2 Å². The molecule has 1 atom stereocenters. The van der Waals surface area contributed by atoms with E-state index in [0.29, 0.717) is 18.8 Å². The summed E-state index contributed by atoms with van der Waals surface area (Å²) in [5.74, 6) is -0.263. The molecule has 30 heavy (non-hydrogen) atoms. The van der Waals surface area contributed by atoms with Gasteiger partial charge in [-0.25, -0.2) is 4.98 Å². The van der Waals surface area contributed by atoms with Crippen LogP contribution in [0, 0.1) is 0 Å². The highest BCUT2D eigenvalue weighted by atomic mass is 32.2. The summed E-state index contributed by atoms with van der Waals surface area (Å²) in [4.78, 5) is 19.0. The molecule has 2 aromatic heterocycles. The molecule has 9 heteroatoms. The predicted molar refractivity (Wildman–Crippen MR) is 114 cm³/mol. The van der Waals surface area contributed by atoms with E-state index in [1.54, 1.807) is 28.6 Å². The van der Waals surface area contributed by atoms with Crippen LogP contribution in [0.15, 0.2) is 65.1 Å². The number of nitrogens with zero attached hydrogens (tertiary/aromatic N) is 4. The van der Waals surface area contributed by atoms with Gasteiger partial charge in [-0.2, -0.15) is 17.6 Å². The number of carbonyl (C=O) groups excluding carboxylic acids is 1. The van der Waals surface area contributed by atoms with E-state index in [9.17, 15) is 13.2 Å². The molecule has 0 spiro atoms. The summed E-state index contributed by atoms with van der Waals surface area (Å²) < 4.78 is 27.9. The summed E-state index contributed by atoms with van der Waals surface area (Å²) in [5.41, 5.74) is 4.78. The molecule has 3 heterocycles. The minimum atomic E-state index is -3.80.